The van der Waals surface area contributed by atoms with Crippen molar-refractivity contribution >= 4 is 5.91 Å². The monoisotopic (exact) mass is 276 g/mol. The van der Waals surface area contributed by atoms with E-state index in [0.29, 0.717) is 18.1 Å². The van der Waals surface area contributed by atoms with Gasteiger partial charge in [0, 0.05) is 30.0 Å². The Balaban J connectivity index is 1.61. The van der Waals surface area contributed by atoms with Gasteiger partial charge in [-0.05, 0) is 52.6 Å². The third kappa shape index (κ3) is 2.35. The van der Waals surface area contributed by atoms with Crippen LogP contribution in [0.15, 0.2) is 12.3 Å². The average Bonchev–Trinajstić information content (AvgIpc) is 2.90. The molecule has 20 heavy (non-hydrogen) atoms. The fourth-order valence-corrected chi connectivity index (χ4v) is 3.75. The normalized spacial score (nSPS) is 31.2. The first-order chi connectivity index (χ1) is 9.56. The molecule has 1 amide bonds. The summed E-state index contributed by atoms with van der Waals surface area (Å²) in [7, 11) is 2.22. The van der Waals surface area contributed by atoms with E-state index in [-0.39, 0.29) is 11.9 Å². The van der Waals surface area contributed by atoms with E-state index in [9.17, 15) is 4.79 Å². The van der Waals surface area contributed by atoms with Gasteiger partial charge >= 0.3 is 0 Å². The summed E-state index contributed by atoms with van der Waals surface area (Å²) in [5.41, 5.74) is 1.02. The number of nitrogens with zero attached hydrogens (tertiary/aromatic N) is 3. The molecule has 3 unspecified atom stereocenters. The molecule has 2 fully saturated rings. The molecule has 2 aliphatic heterocycles. The van der Waals surface area contributed by atoms with E-state index in [1.165, 1.54) is 12.8 Å². The Hall–Kier alpha value is -1.36. The number of aromatic nitrogens is 2. The van der Waals surface area contributed by atoms with Gasteiger partial charge in [-0.25, -0.2) is 0 Å². The zero-order valence-electron chi connectivity index (χ0n) is 12.5. The summed E-state index contributed by atoms with van der Waals surface area (Å²) in [4.78, 5) is 14.9. The van der Waals surface area contributed by atoms with E-state index in [0.717, 1.165) is 18.5 Å². The number of carbonyl (C=O) groups is 1. The standard InChI is InChI=1S/C15H24N4O/c1-10-6-7-16-19(10)11(2)15(20)17-12-8-13-4-5-14(9-12)18(13)3/h6-7,11-14H,4-5,8-9H2,1-3H3,(H,17,20). The average molecular weight is 276 g/mol. The highest BCUT2D eigenvalue weighted by Crippen LogP contribution is 2.34. The molecule has 0 saturated carbocycles. The van der Waals surface area contributed by atoms with Crippen molar-refractivity contribution < 1.29 is 4.79 Å². The molecule has 1 aromatic heterocycles. The second-order valence-electron chi connectivity index (χ2n) is 6.32. The Morgan fingerprint density at radius 2 is 2.05 bits per heavy atom. The molecule has 3 heterocycles. The summed E-state index contributed by atoms with van der Waals surface area (Å²) in [6.07, 6.45) is 6.48. The third-order valence-corrected chi connectivity index (χ3v) is 5.06. The van der Waals surface area contributed by atoms with E-state index in [4.69, 9.17) is 0 Å². The van der Waals surface area contributed by atoms with Crippen LogP contribution in [0.5, 0.6) is 0 Å². The molecule has 0 radical (unpaired) electrons. The van der Waals surface area contributed by atoms with Crippen LogP contribution < -0.4 is 5.32 Å². The van der Waals surface area contributed by atoms with Crippen molar-refractivity contribution in [3.63, 3.8) is 0 Å². The Kier molecular flexibility index (Phi) is 3.54. The highest BCUT2D eigenvalue weighted by molar-refractivity contribution is 5.80. The maximum atomic E-state index is 12.4. The summed E-state index contributed by atoms with van der Waals surface area (Å²) < 4.78 is 1.79. The number of carbonyl (C=O) groups excluding carboxylic acids is 1. The fourth-order valence-electron chi connectivity index (χ4n) is 3.75. The molecule has 0 spiro atoms. The van der Waals surface area contributed by atoms with Gasteiger partial charge in [-0.15, -0.1) is 0 Å². The number of fused-ring (bicyclic) bond motifs is 2. The van der Waals surface area contributed by atoms with Crippen LogP contribution >= 0.6 is 0 Å². The molecule has 3 rings (SSSR count). The second kappa shape index (κ2) is 5.20. The van der Waals surface area contributed by atoms with Crippen molar-refractivity contribution in [2.75, 3.05) is 7.05 Å². The van der Waals surface area contributed by atoms with Crippen LogP contribution in [0.3, 0.4) is 0 Å². The van der Waals surface area contributed by atoms with Crippen LogP contribution in [0.1, 0.15) is 44.3 Å². The summed E-state index contributed by atoms with van der Waals surface area (Å²) in [6, 6.07) is 3.33. The quantitative estimate of drug-likeness (QED) is 0.910. The van der Waals surface area contributed by atoms with Crippen molar-refractivity contribution in [2.45, 2.75) is 63.7 Å². The Morgan fingerprint density at radius 1 is 1.40 bits per heavy atom. The molecule has 110 valence electrons. The molecule has 1 aromatic rings. The molecule has 0 aliphatic carbocycles. The highest BCUT2D eigenvalue weighted by Gasteiger charge is 2.39. The molecular formula is C15H24N4O. The molecular weight excluding hydrogens is 252 g/mol. The van der Waals surface area contributed by atoms with Crippen LogP contribution in [-0.2, 0) is 4.79 Å². The van der Waals surface area contributed by atoms with Crippen molar-refractivity contribution in [1.82, 2.24) is 20.0 Å². The fraction of sp³-hybridized carbons (Fsp3) is 0.733. The lowest BCUT2D eigenvalue weighted by molar-refractivity contribution is -0.125. The number of hydrogen-bond donors (Lipinski definition) is 1. The minimum atomic E-state index is -0.234. The largest absolute Gasteiger partial charge is 0.351 e. The van der Waals surface area contributed by atoms with E-state index in [2.05, 4.69) is 22.4 Å². The maximum Gasteiger partial charge on any atom is 0.244 e. The van der Waals surface area contributed by atoms with E-state index >= 15 is 0 Å². The van der Waals surface area contributed by atoms with Gasteiger partial charge < -0.3 is 10.2 Å². The molecule has 5 heteroatoms. The molecule has 0 aromatic carbocycles. The number of rotatable bonds is 3. The zero-order chi connectivity index (χ0) is 14.3. The number of amides is 1. The SMILES string of the molecule is Cc1ccnn1C(C)C(=O)NC1CC2CCC(C1)N2C. The first-order valence-electron chi connectivity index (χ1n) is 7.58. The number of piperidine rings is 1. The Morgan fingerprint density at radius 3 is 2.60 bits per heavy atom. The van der Waals surface area contributed by atoms with Crippen molar-refractivity contribution in [2.24, 2.45) is 0 Å². The van der Waals surface area contributed by atoms with Gasteiger partial charge in [-0.1, -0.05) is 0 Å². The third-order valence-electron chi connectivity index (χ3n) is 5.06. The minimum absolute atomic E-state index is 0.0887. The highest BCUT2D eigenvalue weighted by atomic mass is 16.2. The molecule has 5 nitrogen and oxygen atoms in total. The lowest BCUT2D eigenvalue weighted by atomic mass is 9.98. The van der Waals surface area contributed by atoms with E-state index in [1.807, 2.05) is 19.9 Å². The lowest BCUT2D eigenvalue weighted by Gasteiger charge is -2.37. The predicted molar refractivity (Wildman–Crippen MR) is 77.4 cm³/mol. The summed E-state index contributed by atoms with van der Waals surface area (Å²) in [5, 5.41) is 7.46. The van der Waals surface area contributed by atoms with Crippen LogP contribution in [0, 0.1) is 6.92 Å². The van der Waals surface area contributed by atoms with Gasteiger partial charge in [0.25, 0.3) is 0 Å². The summed E-state index contributed by atoms with van der Waals surface area (Å²) >= 11 is 0. The predicted octanol–water partition coefficient (Wildman–Crippen LogP) is 1.49. The van der Waals surface area contributed by atoms with Crippen LogP contribution in [-0.4, -0.2) is 45.8 Å². The van der Waals surface area contributed by atoms with Gasteiger partial charge in [0.2, 0.25) is 5.91 Å². The van der Waals surface area contributed by atoms with Crippen molar-refractivity contribution in [1.29, 1.82) is 0 Å². The molecule has 2 bridgehead atoms. The van der Waals surface area contributed by atoms with Crippen molar-refractivity contribution in [3.05, 3.63) is 18.0 Å². The van der Waals surface area contributed by atoms with Gasteiger partial charge in [0.1, 0.15) is 6.04 Å². The van der Waals surface area contributed by atoms with E-state index in [1.54, 1.807) is 10.9 Å². The topological polar surface area (TPSA) is 50.2 Å². The Labute approximate surface area is 120 Å². The first kappa shape index (κ1) is 13.6. The molecule has 2 aliphatic rings. The van der Waals surface area contributed by atoms with Gasteiger partial charge in [-0.2, -0.15) is 5.10 Å². The lowest BCUT2D eigenvalue weighted by Crippen LogP contribution is -2.49. The van der Waals surface area contributed by atoms with Gasteiger partial charge in [0.15, 0.2) is 0 Å². The van der Waals surface area contributed by atoms with E-state index < -0.39 is 0 Å². The maximum absolute atomic E-state index is 12.4. The number of aryl methyl sites for hydroxylation is 1. The van der Waals surface area contributed by atoms with Crippen LogP contribution in [0.25, 0.3) is 0 Å². The van der Waals surface area contributed by atoms with Gasteiger partial charge in [-0.3, -0.25) is 9.48 Å². The van der Waals surface area contributed by atoms with Crippen molar-refractivity contribution in [3.8, 4) is 0 Å². The van der Waals surface area contributed by atoms with Gasteiger partial charge in [0.05, 0.1) is 0 Å². The van der Waals surface area contributed by atoms with Crippen LogP contribution in [0.2, 0.25) is 0 Å². The second-order valence-corrected chi connectivity index (χ2v) is 6.32. The molecule has 3 atom stereocenters. The Bertz CT molecular complexity index is 484. The van der Waals surface area contributed by atoms with Crippen LogP contribution in [0.4, 0.5) is 0 Å². The molecule has 2 saturated heterocycles. The summed E-state index contributed by atoms with van der Waals surface area (Å²) in [5.74, 6) is 0.0887. The summed E-state index contributed by atoms with van der Waals surface area (Å²) in [6.45, 7) is 3.89. The minimum Gasteiger partial charge on any atom is -0.351 e. The number of hydrogen-bond acceptors (Lipinski definition) is 3. The smallest absolute Gasteiger partial charge is 0.244 e. The first-order valence-corrected chi connectivity index (χ1v) is 7.58. The zero-order valence-corrected chi connectivity index (χ0v) is 12.5. The number of nitrogens with one attached hydrogen (secondary N) is 1. The molecule has 1 N–H and O–H groups in total.